The number of nitrogens with one attached hydrogen (secondary N) is 1. The fourth-order valence-corrected chi connectivity index (χ4v) is 4.67. The molecule has 0 spiro atoms. The summed E-state index contributed by atoms with van der Waals surface area (Å²) in [6.45, 7) is 5.30. The van der Waals surface area contributed by atoms with Gasteiger partial charge in [-0.2, -0.15) is 5.10 Å². The van der Waals surface area contributed by atoms with Crippen LogP contribution in [0.3, 0.4) is 0 Å². The van der Waals surface area contributed by atoms with Crippen LogP contribution in [0.5, 0.6) is 11.5 Å². The average Bonchev–Trinajstić information content (AvgIpc) is 3.22. The van der Waals surface area contributed by atoms with E-state index in [-0.39, 0.29) is 5.91 Å². The van der Waals surface area contributed by atoms with Gasteiger partial charge in [0.1, 0.15) is 0 Å². The maximum Gasteiger partial charge on any atom is 0.264 e. The lowest BCUT2D eigenvalue weighted by Gasteiger charge is -2.08. The molecule has 0 unspecified atom stereocenters. The zero-order valence-corrected chi connectivity index (χ0v) is 19.5. The van der Waals surface area contributed by atoms with Crippen molar-refractivity contribution in [2.45, 2.75) is 20.3 Å². The van der Waals surface area contributed by atoms with Crippen molar-refractivity contribution in [2.24, 2.45) is 12.0 Å². The summed E-state index contributed by atoms with van der Waals surface area (Å²) in [5, 5.41) is 8.09. The highest BCUT2D eigenvalue weighted by Gasteiger charge is 2.25. The first-order valence-corrected chi connectivity index (χ1v) is 11.6. The van der Waals surface area contributed by atoms with Crippen LogP contribution in [0.25, 0.3) is 17.3 Å². The van der Waals surface area contributed by atoms with E-state index in [1.807, 2.05) is 69.6 Å². The molecule has 5 rings (SSSR count). The quantitative estimate of drug-likeness (QED) is 0.571. The highest BCUT2D eigenvalue weighted by Crippen LogP contribution is 2.36. The van der Waals surface area contributed by atoms with E-state index < -0.39 is 0 Å². The zero-order valence-electron chi connectivity index (χ0n) is 18.7. The van der Waals surface area contributed by atoms with Gasteiger partial charge >= 0.3 is 0 Å². The van der Waals surface area contributed by atoms with Gasteiger partial charge in [0.05, 0.1) is 29.5 Å². The molecule has 2 aromatic carbocycles. The Morgan fingerprint density at radius 1 is 1.12 bits per heavy atom. The lowest BCUT2D eigenvalue weighted by atomic mass is 10.1. The minimum absolute atomic E-state index is 0.168. The van der Waals surface area contributed by atoms with Crippen molar-refractivity contribution in [3.05, 3.63) is 64.2 Å². The molecule has 7 nitrogen and oxygen atoms in total. The van der Waals surface area contributed by atoms with Gasteiger partial charge in [0.2, 0.25) is 0 Å². The Kier molecular flexibility index (Phi) is 5.68. The number of fused-ring (bicyclic) bond motifs is 1. The number of thioether (sulfide) groups is 1. The normalized spacial score (nSPS) is 18.0. The van der Waals surface area contributed by atoms with Crippen LogP contribution < -0.4 is 14.8 Å². The molecule has 3 heterocycles. The van der Waals surface area contributed by atoms with Crippen molar-refractivity contribution in [3.63, 3.8) is 0 Å². The lowest BCUT2D eigenvalue weighted by molar-refractivity contribution is -0.115. The second-order valence-corrected chi connectivity index (χ2v) is 9.07. The van der Waals surface area contributed by atoms with E-state index in [2.05, 4.69) is 10.4 Å². The van der Waals surface area contributed by atoms with E-state index in [9.17, 15) is 4.79 Å². The van der Waals surface area contributed by atoms with Gasteiger partial charge in [0, 0.05) is 30.8 Å². The van der Waals surface area contributed by atoms with Crippen LogP contribution >= 0.6 is 11.8 Å². The smallest absolute Gasteiger partial charge is 0.264 e. The summed E-state index contributed by atoms with van der Waals surface area (Å²) in [7, 11) is 1.87. The van der Waals surface area contributed by atoms with Crippen molar-refractivity contribution < 1.29 is 14.3 Å². The Balaban J connectivity index is 1.47. The Morgan fingerprint density at radius 3 is 2.67 bits per heavy atom. The van der Waals surface area contributed by atoms with Gasteiger partial charge in [-0.05, 0) is 61.0 Å². The van der Waals surface area contributed by atoms with E-state index in [4.69, 9.17) is 14.5 Å². The number of aliphatic imine (C=N–C) groups is 1. The predicted molar refractivity (Wildman–Crippen MR) is 131 cm³/mol. The van der Waals surface area contributed by atoms with E-state index >= 15 is 0 Å². The van der Waals surface area contributed by atoms with Gasteiger partial charge in [-0.3, -0.25) is 9.48 Å². The summed E-state index contributed by atoms with van der Waals surface area (Å²) in [4.78, 5) is 18.0. The monoisotopic (exact) mass is 460 g/mol. The van der Waals surface area contributed by atoms with Crippen LogP contribution in [-0.2, 0) is 11.8 Å². The zero-order chi connectivity index (χ0) is 22.9. The van der Waals surface area contributed by atoms with Gasteiger partial charge in [-0.15, -0.1) is 0 Å². The predicted octanol–water partition coefficient (Wildman–Crippen LogP) is 4.76. The van der Waals surface area contributed by atoms with E-state index in [0.29, 0.717) is 29.0 Å². The van der Waals surface area contributed by atoms with Gasteiger partial charge in [0.25, 0.3) is 5.91 Å². The van der Waals surface area contributed by atoms with Gasteiger partial charge in [0.15, 0.2) is 16.7 Å². The third-order valence-electron chi connectivity index (χ3n) is 5.47. The first-order chi connectivity index (χ1) is 16.0. The van der Waals surface area contributed by atoms with Crippen molar-refractivity contribution in [1.82, 2.24) is 15.1 Å². The number of nitrogens with zero attached hydrogens (tertiary/aromatic N) is 3. The molecule has 0 atom stereocenters. The van der Waals surface area contributed by atoms with Crippen molar-refractivity contribution in [3.8, 4) is 22.8 Å². The fourth-order valence-electron chi connectivity index (χ4n) is 3.85. The summed E-state index contributed by atoms with van der Waals surface area (Å²) in [5.74, 6) is 1.29. The number of carbonyl (C=O) groups is 1. The van der Waals surface area contributed by atoms with E-state index in [0.717, 1.165) is 45.8 Å². The number of amidine groups is 1. The van der Waals surface area contributed by atoms with Crippen molar-refractivity contribution >= 4 is 34.6 Å². The number of aromatic nitrogens is 2. The number of aryl methyl sites for hydroxylation is 3. The van der Waals surface area contributed by atoms with Crippen molar-refractivity contribution in [2.75, 3.05) is 13.2 Å². The van der Waals surface area contributed by atoms with Crippen LogP contribution in [-0.4, -0.2) is 34.1 Å². The molecule has 2 aliphatic heterocycles. The highest BCUT2D eigenvalue weighted by molar-refractivity contribution is 8.18. The van der Waals surface area contributed by atoms with E-state index in [1.165, 1.54) is 11.8 Å². The summed E-state index contributed by atoms with van der Waals surface area (Å²) < 4.78 is 13.3. The number of hydrogen-bond donors (Lipinski definition) is 1. The van der Waals surface area contributed by atoms with Crippen LogP contribution in [0.15, 0.2) is 52.5 Å². The molecule has 0 bridgehead atoms. The number of amides is 1. The number of para-hydroxylation sites is 1. The SMILES string of the molecule is Cc1cccc(C)c1N=C1NC(=O)C(=Cc2cn(C)nc2-c2ccc3c(c2)OCCCO3)S1. The standard InChI is InChI=1S/C25H24N4O3S/c1-15-6-4-7-16(2)22(15)26-25-27-24(30)21(33-25)13-18-14-29(3)28-23(18)17-8-9-19-20(12-17)32-11-5-10-31-19/h4,6-9,12-14H,5,10-11H2,1-3H3,(H,26,27,30). The maximum atomic E-state index is 12.7. The lowest BCUT2D eigenvalue weighted by Crippen LogP contribution is -2.19. The molecule has 1 amide bonds. The van der Waals surface area contributed by atoms with Gasteiger partial charge in [-0.1, -0.05) is 18.2 Å². The minimum Gasteiger partial charge on any atom is -0.490 e. The summed E-state index contributed by atoms with van der Waals surface area (Å²) in [6, 6.07) is 11.9. The molecule has 1 aromatic heterocycles. The fraction of sp³-hybridized carbons (Fsp3) is 0.240. The van der Waals surface area contributed by atoms with Crippen molar-refractivity contribution in [1.29, 1.82) is 0 Å². The third-order valence-corrected chi connectivity index (χ3v) is 6.38. The second-order valence-electron chi connectivity index (χ2n) is 8.04. The molecule has 0 saturated carbocycles. The van der Waals surface area contributed by atoms with Crippen LogP contribution in [0.1, 0.15) is 23.1 Å². The Labute approximate surface area is 196 Å². The molecular weight excluding hydrogens is 436 g/mol. The Morgan fingerprint density at radius 2 is 1.88 bits per heavy atom. The number of ether oxygens (including phenoxy) is 2. The topological polar surface area (TPSA) is 77.7 Å². The number of hydrogen-bond acceptors (Lipinski definition) is 6. The second kappa shape index (κ2) is 8.78. The van der Waals surface area contributed by atoms with Crippen LogP contribution in [0.2, 0.25) is 0 Å². The molecule has 1 fully saturated rings. The summed E-state index contributed by atoms with van der Waals surface area (Å²) >= 11 is 1.33. The minimum atomic E-state index is -0.168. The molecule has 1 saturated heterocycles. The largest absolute Gasteiger partial charge is 0.490 e. The average molecular weight is 461 g/mol. The summed E-state index contributed by atoms with van der Waals surface area (Å²) in [6.07, 6.45) is 4.61. The molecule has 1 N–H and O–H groups in total. The van der Waals surface area contributed by atoms with Gasteiger partial charge < -0.3 is 14.8 Å². The molecule has 0 radical (unpaired) electrons. The van der Waals surface area contributed by atoms with E-state index in [1.54, 1.807) is 4.68 Å². The van der Waals surface area contributed by atoms with Crippen LogP contribution in [0, 0.1) is 13.8 Å². The number of benzene rings is 2. The Hall–Kier alpha value is -3.52. The Bertz CT molecular complexity index is 1290. The third kappa shape index (κ3) is 4.39. The maximum absolute atomic E-state index is 12.7. The molecule has 33 heavy (non-hydrogen) atoms. The molecule has 8 heteroatoms. The molecule has 3 aromatic rings. The number of rotatable bonds is 3. The first kappa shape index (κ1) is 21.3. The number of carbonyl (C=O) groups excluding carboxylic acids is 1. The molecule has 168 valence electrons. The van der Waals surface area contributed by atoms with Gasteiger partial charge in [-0.25, -0.2) is 4.99 Å². The molecule has 0 aliphatic carbocycles. The highest BCUT2D eigenvalue weighted by atomic mass is 32.2. The molecule has 2 aliphatic rings. The summed E-state index contributed by atoms with van der Waals surface area (Å²) in [5.41, 5.74) is 5.54. The molecular formula is C25H24N4O3S. The first-order valence-electron chi connectivity index (χ1n) is 10.8. The van der Waals surface area contributed by atoms with Crippen LogP contribution in [0.4, 0.5) is 5.69 Å².